The molecule has 1 atom stereocenters. The molecular formula is C27H23ClN2O5. The largest absolute Gasteiger partial charge is 0.507 e. The number of ether oxygens (including phenoxy) is 1. The summed E-state index contributed by atoms with van der Waals surface area (Å²) in [6, 6.07) is 15.1. The molecule has 0 bridgehead atoms. The number of carbonyl (C=O) groups excluding carboxylic acids is 3. The van der Waals surface area contributed by atoms with Gasteiger partial charge in [0, 0.05) is 28.7 Å². The molecule has 178 valence electrons. The molecule has 2 aromatic carbocycles. The summed E-state index contributed by atoms with van der Waals surface area (Å²) in [5.41, 5.74) is 1.48. The second kappa shape index (κ2) is 10.1. The predicted octanol–water partition coefficient (Wildman–Crippen LogP) is 5.17. The molecule has 1 saturated heterocycles. The van der Waals surface area contributed by atoms with Gasteiger partial charge in [-0.25, -0.2) is 4.79 Å². The third kappa shape index (κ3) is 4.95. The van der Waals surface area contributed by atoms with Gasteiger partial charge in [0.15, 0.2) is 0 Å². The minimum atomic E-state index is -0.929. The van der Waals surface area contributed by atoms with E-state index in [1.807, 2.05) is 13.8 Å². The molecule has 1 fully saturated rings. The maximum absolute atomic E-state index is 13.2. The molecule has 8 heteroatoms. The molecule has 0 radical (unpaired) electrons. The van der Waals surface area contributed by atoms with Crippen molar-refractivity contribution in [2.24, 2.45) is 5.92 Å². The van der Waals surface area contributed by atoms with E-state index in [1.165, 1.54) is 29.3 Å². The topological polar surface area (TPSA) is 96.8 Å². The molecule has 1 aliphatic heterocycles. The van der Waals surface area contributed by atoms with Crippen molar-refractivity contribution < 1.29 is 24.2 Å². The van der Waals surface area contributed by atoms with Crippen molar-refractivity contribution >= 4 is 40.7 Å². The van der Waals surface area contributed by atoms with Crippen LogP contribution in [0.5, 0.6) is 0 Å². The number of rotatable bonds is 6. The first-order valence-electron chi connectivity index (χ1n) is 11.0. The summed E-state index contributed by atoms with van der Waals surface area (Å²) in [5.74, 6) is -2.26. The van der Waals surface area contributed by atoms with Gasteiger partial charge in [0.05, 0.1) is 23.8 Å². The maximum Gasteiger partial charge on any atom is 0.338 e. The van der Waals surface area contributed by atoms with Crippen molar-refractivity contribution in [3.05, 3.63) is 100 Å². The van der Waals surface area contributed by atoms with Crippen LogP contribution in [0.25, 0.3) is 5.76 Å². The summed E-state index contributed by atoms with van der Waals surface area (Å²) in [6.45, 7) is 4.17. The van der Waals surface area contributed by atoms with Crippen LogP contribution in [0.4, 0.5) is 5.69 Å². The summed E-state index contributed by atoms with van der Waals surface area (Å²) in [6.07, 6.45) is 3.11. The van der Waals surface area contributed by atoms with Gasteiger partial charge in [-0.1, -0.05) is 43.6 Å². The number of benzene rings is 2. The van der Waals surface area contributed by atoms with Crippen LogP contribution < -0.4 is 4.90 Å². The molecule has 4 rings (SSSR count). The molecule has 1 aliphatic rings. The molecule has 1 aromatic heterocycles. The molecule has 7 nitrogen and oxygen atoms in total. The van der Waals surface area contributed by atoms with Crippen molar-refractivity contribution in [2.75, 3.05) is 11.5 Å². The third-order valence-electron chi connectivity index (χ3n) is 5.47. The summed E-state index contributed by atoms with van der Waals surface area (Å²) in [7, 11) is 0. The standard InChI is InChI=1S/C27H23ClN2O5/c1-16(2)15-35-27(34)17-8-10-21(11-9-17)30-23(19-6-4-12-29-14-19)22(25(32)26(30)33)24(31)18-5-3-7-20(28)13-18/h3-14,16,23,31H,15H2,1-2H3/b24-22+. The SMILES string of the molecule is CC(C)COC(=O)c1ccc(N2C(=O)C(=O)/C(=C(/O)c3cccc(Cl)c3)C2c2cccnc2)cc1. The molecule has 1 amide bonds. The number of esters is 1. The Hall–Kier alpha value is -3.97. The van der Waals surface area contributed by atoms with Crippen molar-refractivity contribution in [3.8, 4) is 0 Å². The van der Waals surface area contributed by atoms with Gasteiger partial charge in [-0.15, -0.1) is 0 Å². The van der Waals surface area contributed by atoms with Gasteiger partial charge < -0.3 is 9.84 Å². The summed E-state index contributed by atoms with van der Waals surface area (Å²) >= 11 is 6.07. The minimum Gasteiger partial charge on any atom is -0.507 e. The van der Waals surface area contributed by atoms with E-state index >= 15 is 0 Å². The molecule has 1 unspecified atom stereocenters. The predicted molar refractivity (Wildman–Crippen MR) is 132 cm³/mol. The molecule has 35 heavy (non-hydrogen) atoms. The number of anilines is 1. The average molecular weight is 491 g/mol. The summed E-state index contributed by atoms with van der Waals surface area (Å²) < 4.78 is 5.26. The number of aromatic nitrogens is 1. The Kier molecular flexibility index (Phi) is 6.98. The Morgan fingerprint density at radius 2 is 1.83 bits per heavy atom. The molecule has 2 heterocycles. The van der Waals surface area contributed by atoms with Gasteiger partial charge in [0.2, 0.25) is 0 Å². The Balaban J connectivity index is 1.78. The van der Waals surface area contributed by atoms with Crippen LogP contribution in [0.15, 0.2) is 78.6 Å². The van der Waals surface area contributed by atoms with E-state index in [1.54, 1.807) is 48.7 Å². The van der Waals surface area contributed by atoms with Crippen LogP contribution in [0.1, 0.15) is 41.4 Å². The Morgan fingerprint density at radius 3 is 2.46 bits per heavy atom. The van der Waals surface area contributed by atoms with Crippen LogP contribution in [0, 0.1) is 5.92 Å². The fourth-order valence-electron chi connectivity index (χ4n) is 3.83. The molecule has 1 N–H and O–H groups in total. The fourth-order valence-corrected chi connectivity index (χ4v) is 4.02. The first-order chi connectivity index (χ1) is 16.8. The number of hydrogen-bond donors (Lipinski definition) is 1. The molecule has 0 aliphatic carbocycles. The average Bonchev–Trinajstić information content (AvgIpc) is 3.13. The van der Waals surface area contributed by atoms with Crippen LogP contribution in [0.3, 0.4) is 0 Å². The number of pyridine rings is 1. The second-order valence-electron chi connectivity index (χ2n) is 8.50. The highest BCUT2D eigenvalue weighted by Gasteiger charge is 2.47. The van der Waals surface area contributed by atoms with Gasteiger partial charge in [-0.05, 0) is 53.9 Å². The first kappa shape index (κ1) is 24.2. The number of aliphatic hydroxyl groups excluding tert-OH is 1. The van der Waals surface area contributed by atoms with E-state index in [9.17, 15) is 19.5 Å². The highest BCUT2D eigenvalue weighted by Crippen LogP contribution is 2.42. The van der Waals surface area contributed by atoms with Crippen LogP contribution in [0.2, 0.25) is 5.02 Å². The van der Waals surface area contributed by atoms with Gasteiger partial charge in [-0.3, -0.25) is 19.5 Å². The van der Waals surface area contributed by atoms with E-state index in [2.05, 4.69) is 4.98 Å². The summed E-state index contributed by atoms with van der Waals surface area (Å²) in [5, 5.41) is 11.5. The quantitative estimate of drug-likeness (QED) is 0.221. The lowest BCUT2D eigenvalue weighted by atomic mass is 9.96. The van der Waals surface area contributed by atoms with E-state index in [0.29, 0.717) is 34.0 Å². The van der Waals surface area contributed by atoms with Crippen LogP contribution in [-0.4, -0.2) is 34.4 Å². The normalized spacial score (nSPS) is 17.1. The Bertz CT molecular complexity index is 1300. The van der Waals surface area contributed by atoms with E-state index in [0.717, 1.165) is 0 Å². The van der Waals surface area contributed by atoms with Crippen molar-refractivity contribution in [2.45, 2.75) is 19.9 Å². The molecule has 3 aromatic rings. The monoisotopic (exact) mass is 490 g/mol. The first-order valence-corrected chi connectivity index (χ1v) is 11.4. The Labute approximate surface area is 207 Å². The van der Waals surface area contributed by atoms with Crippen molar-refractivity contribution in [3.63, 3.8) is 0 Å². The highest BCUT2D eigenvalue weighted by atomic mass is 35.5. The number of amides is 1. The number of halogens is 1. The highest BCUT2D eigenvalue weighted by molar-refractivity contribution is 6.51. The zero-order valence-corrected chi connectivity index (χ0v) is 19.9. The molecule has 0 saturated carbocycles. The van der Waals surface area contributed by atoms with Crippen LogP contribution >= 0.6 is 11.6 Å². The fraction of sp³-hybridized carbons (Fsp3) is 0.185. The number of hydrogen-bond acceptors (Lipinski definition) is 6. The third-order valence-corrected chi connectivity index (χ3v) is 5.71. The molecule has 0 spiro atoms. The maximum atomic E-state index is 13.2. The number of Topliss-reactive ketones (excluding diaryl/α,β-unsaturated/α-hetero) is 1. The summed E-state index contributed by atoms with van der Waals surface area (Å²) in [4.78, 5) is 44.1. The minimum absolute atomic E-state index is 0.0781. The number of carbonyl (C=O) groups is 3. The zero-order chi connectivity index (χ0) is 25.1. The lowest BCUT2D eigenvalue weighted by molar-refractivity contribution is -0.132. The number of nitrogens with zero attached hydrogens (tertiary/aromatic N) is 2. The molecular weight excluding hydrogens is 468 g/mol. The van der Waals surface area contributed by atoms with Gasteiger partial charge in [0.1, 0.15) is 5.76 Å². The van der Waals surface area contributed by atoms with Gasteiger partial charge >= 0.3 is 5.97 Å². The number of ketones is 1. The zero-order valence-electron chi connectivity index (χ0n) is 19.1. The number of aliphatic hydroxyl groups is 1. The van der Waals surface area contributed by atoms with Crippen molar-refractivity contribution in [1.29, 1.82) is 0 Å². The van der Waals surface area contributed by atoms with Crippen LogP contribution in [-0.2, 0) is 14.3 Å². The van der Waals surface area contributed by atoms with Crippen molar-refractivity contribution in [1.82, 2.24) is 4.98 Å². The smallest absolute Gasteiger partial charge is 0.338 e. The van der Waals surface area contributed by atoms with E-state index in [4.69, 9.17) is 16.3 Å². The lowest BCUT2D eigenvalue weighted by Gasteiger charge is -2.25. The van der Waals surface area contributed by atoms with Gasteiger partial charge in [0.25, 0.3) is 11.7 Å². The van der Waals surface area contributed by atoms with E-state index < -0.39 is 23.7 Å². The second-order valence-corrected chi connectivity index (χ2v) is 8.94. The van der Waals surface area contributed by atoms with E-state index in [-0.39, 0.29) is 17.3 Å². The lowest BCUT2D eigenvalue weighted by Crippen LogP contribution is -2.29. The Morgan fingerprint density at radius 1 is 1.09 bits per heavy atom. The van der Waals surface area contributed by atoms with Gasteiger partial charge in [-0.2, -0.15) is 0 Å².